The van der Waals surface area contributed by atoms with E-state index in [1.807, 2.05) is 6.92 Å². The zero-order valence-corrected chi connectivity index (χ0v) is 9.55. The van der Waals surface area contributed by atoms with Crippen LogP contribution in [0.5, 0.6) is 0 Å². The van der Waals surface area contributed by atoms with E-state index in [2.05, 4.69) is 5.32 Å². The Morgan fingerprint density at radius 1 is 1.53 bits per heavy atom. The van der Waals surface area contributed by atoms with Gasteiger partial charge in [-0.15, -0.1) is 0 Å². The number of rotatable bonds is 2. The highest BCUT2D eigenvalue weighted by atomic mass is 16.5. The number of hydrogen-bond acceptors (Lipinski definition) is 3. The smallest absolute Gasteiger partial charge is 0.308 e. The zero-order chi connectivity index (χ0) is 10.7. The van der Waals surface area contributed by atoms with Crippen LogP contribution in [-0.4, -0.2) is 25.7 Å². The molecule has 1 saturated heterocycles. The van der Waals surface area contributed by atoms with Crippen LogP contribution in [0.4, 0.5) is 0 Å². The van der Waals surface area contributed by atoms with E-state index >= 15 is 0 Å². The van der Waals surface area contributed by atoms with Gasteiger partial charge in [-0.1, -0.05) is 6.42 Å². The third kappa shape index (κ3) is 2.33. The number of nitrogens with one attached hydrogen (secondary N) is 1. The lowest BCUT2D eigenvalue weighted by molar-refractivity contribution is -0.150. The molecule has 3 heteroatoms. The van der Waals surface area contributed by atoms with Crippen molar-refractivity contribution in [3.8, 4) is 0 Å². The standard InChI is InChI=1S/C12H21NO2/c1-2-15-11(14)10-4-3-5-12(8-10)6-7-13-9-12/h10,13H,2-9H2,1H3. The average molecular weight is 211 g/mol. The Morgan fingerprint density at radius 3 is 3.07 bits per heavy atom. The molecule has 86 valence electrons. The summed E-state index contributed by atoms with van der Waals surface area (Å²) in [6.07, 6.45) is 5.78. The zero-order valence-electron chi connectivity index (χ0n) is 9.55. The minimum absolute atomic E-state index is 0.0310. The molecule has 2 fully saturated rings. The molecular formula is C12H21NO2. The lowest BCUT2D eigenvalue weighted by atomic mass is 9.69. The molecule has 0 radical (unpaired) electrons. The van der Waals surface area contributed by atoms with Crippen LogP contribution in [0, 0.1) is 11.3 Å². The summed E-state index contributed by atoms with van der Waals surface area (Å²) in [4.78, 5) is 11.7. The van der Waals surface area contributed by atoms with Crippen LogP contribution in [0.2, 0.25) is 0 Å². The molecule has 2 rings (SSSR count). The molecule has 0 bridgehead atoms. The van der Waals surface area contributed by atoms with Gasteiger partial charge in [0.05, 0.1) is 12.5 Å². The van der Waals surface area contributed by atoms with Crippen LogP contribution in [0.3, 0.4) is 0 Å². The fraction of sp³-hybridized carbons (Fsp3) is 0.917. The minimum Gasteiger partial charge on any atom is -0.466 e. The molecule has 1 N–H and O–H groups in total. The second-order valence-corrected chi connectivity index (χ2v) is 4.97. The summed E-state index contributed by atoms with van der Waals surface area (Å²) >= 11 is 0. The van der Waals surface area contributed by atoms with Crippen molar-refractivity contribution in [1.29, 1.82) is 0 Å². The molecule has 0 aromatic heterocycles. The van der Waals surface area contributed by atoms with Crippen LogP contribution in [0.15, 0.2) is 0 Å². The molecule has 0 aromatic carbocycles. The van der Waals surface area contributed by atoms with Crippen molar-refractivity contribution in [3.63, 3.8) is 0 Å². The molecule has 0 amide bonds. The van der Waals surface area contributed by atoms with Gasteiger partial charge in [0.15, 0.2) is 0 Å². The minimum atomic E-state index is 0.0310. The van der Waals surface area contributed by atoms with Crippen LogP contribution in [-0.2, 0) is 9.53 Å². The molecule has 3 nitrogen and oxygen atoms in total. The summed E-state index contributed by atoms with van der Waals surface area (Å²) in [6.45, 7) is 4.62. The third-order valence-corrected chi connectivity index (χ3v) is 3.89. The highest BCUT2D eigenvalue weighted by molar-refractivity contribution is 5.72. The van der Waals surface area contributed by atoms with Crippen molar-refractivity contribution in [1.82, 2.24) is 5.32 Å². The lowest BCUT2D eigenvalue weighted by Crippen LogP contribution is -2.34. The summed E-state index contributed by atoms with van der Waals surface area (Å²) < 4.78 is 5.12. The van der Waals surface area contributed by atoms with Gasteiger partial charge >= 0.3 is 5.97 Å². The van der Waals surface area contributed by atoms with Crippen LogP contribution >= 0.6 is 0 Å². The molecule has 1 aliphatic heterocycles. The summed E-state index contributed by atoms with van der Waals surface area (Å²) in [5.74, 6) is 0.196. The van der Waals surface area contributed by atoms with Crippen molar-refractivity contribution >= 4 is 5.97 Å². The number of carbonyl (C=O) groups is 1. The predicted molar refractivity (Wildman–Crippen MR) is 58.5 cm³/mol. The molecule has 15 heavy (non-hydrogen) atoms. The van der Waals surface area contributed by atoms with Gasteiger partial charge in [0, 0.05) is 6.54 Å². The van der Waals surface area contributed by atoms with Crippen molar-refractivity contribution in [2.75, 3.05) is 19.7 Å². The first-order valence-electron chi connectivity index (χ1n) is 6.13. The number of esters is 1. The van der Waals surface area contributed by atoms with Crippen LogP contribution in [0.25, 0.3) is 0 Å². The van der Waals surface area contributed by atoms with Crippen LogP contribution in [0.1, 0.15) is 39.0 Å². The third-order valence-electron chi connectivity index (χ3n) is 3.89. The monoisotopic (exact) mass is 211 g/mol. The van der Waals surface area contributed by atoms with Crippen molar-refractivity contribution in [3.05, 3.63) is 0 Å². The highest BCUT2D eigenvalue weighted by Gasteiger charge is 2.41. The van der Waals surface area contributed by atoms with E-state index in [9.17, 15) is 4.79 Å². The number of ether oxygens (including phenoxy) is 1. The summed E-state index contributed by atoms with van der Waals surface area (Å²) in [6, 6.07) is 0. The summed E-state index contributed by atoms with van der Waals surface area (Å²) in [7, 11) is 0. The first-order chi connectivity index (χ1) is 7.26. The van der Waals surface area contributed by atoms with Crippen molar-refractivity contribution in [2.45, 2.75) is 39.0 Å². The van der Waals surface area contributed by atoms with Gasteiger partial charge in [-0.2, -0.15) is 0 Å². The SMILES string of the molecule is CCOC(=O)C1CCCC2(CCNC2)C1. The van der Waals surface area contributed by atoms with Gasteiger partial charge in [0.25, 0.3) is 0 Å². The van der Waals surface area contributed by atoms with E-state index in [-0.39, 0.29) is 11.9 Å². The Hall–Kier alpha value is -0.570. The fourth-order valence-electron chi connectivity index (χ4n) is 3.09. The van der Waals surface area contributed by atoms with Crippen molar-refractivity contribution in [2.24, 2.45) is 11.3 Å². The topological polar surface area (TPSA) is 38.3 Å². The maximum Gasteiger partial charge on any atom is 0.308 e. The Kier molecular flexibility index (Phi) is 3.29. The molecule has 2 atom stereocenters. The second-order valence-electron chi connectivity index (χ2n) is 4.97. The van der Waals surface area contributed by atoms with Crippen molar-refractivity contribution < 1.29 is 9.53 Å². The Bertz CT molecular complexity index is 234. The first kappa shape index (κ1) is 10.9. The quantitative estimate of drug-likeness (QED) is 0.707. The molecule has 1 saturated carbocycles. The number of hydrogen-bond donors (Lipinski definition) is 1. The molecule has 2 aliphatic rings. The van der Waals surface area contributed by atoms with Gasteiger partial charge in [-0.25, -0.2) is 0 Å². The molecule has 0 aromatic rings. The Morgan fingerprint density at radius 2 is 2.40 bits per heavy atom. The lowest BCUT2D eigenvalue weighted by Gasteiger charge is -2.36. The molecule has 1 spiro atoms. The summed E-state index contributed by atoms with van der Waals surface area (Å²) in [5, 5.41) is 3.42. The Balaban J connectivity index is 1.94. The predicted octanol–water partition coefficient (Wildman–Crippen LogP) is 1.72. The average Bonchev–Trinajstić information content (AvgIpc) is 2.67. The van der Waals surface area contributed by atoms with E-state index in [1.54, 1.807) is 0 Å². The highest BCUT2D eigenvalue weighted by Crippen LogP contribution is 2.43. The van der Waals surface area contributed by atoms with E-state index < -0.39 is 0 Å². The van der Waals surface area contributed by atoms with Gasteiger partial charge < -0.3 is 10.1 Å². The Labute approximate surface area is 91.6 Å². The van der Waals surface area contributed by atoms with Gasteiger partial charge in [0.1, 0.15) is 0 Å². The van der Waals surface area contributed by atoms with Gasteiger partial charge in [-0.3, -0.25) is 4.79 Å². The van der Waals surface area contributed by atoms with E-state index in [0.29, 0.717) is 12.0 Å². The van der Waals surface area contributed by atoms with E-state index in [1.165, 1.54) is 19.3 Å². The first-order valence-corrected chi connectivity index (χ1v) is 6.13. The second kappa shape index (κ2) is 4.52. The normalized spacial score (nSPS) is 35.7. The maximum atomic E-state index is 11.7. The summed E-state index contributed by atoms with van der Waals surface area (Å²) in [5.41, 5.74) is 0.412. The molecule has 1 aliphatic carbocycles. The number of carbonyl (C=O) groups excluding carboxylic acids is 1. The molecule has 1 heterocycles. The fourth-order valence-corrected chi connectivity index (χ4v) is 3.09. The van der Waals surface area contributed by atoms with E-state index in [4.69, 9.17) is 4.74 Å². The van der Waals surface area contributed by atoms with Gasteiger partial charge in [-0.05, 0) is 44.6 Å². The maximum absolute atomic E-state index is 11.7. The van der Waals surface area contributed by atoms with E-state index in [0.717, 1.165) is 25.9 Å². The van der Waals surface area contributed by atoms with Crippen LogP contribution < -0.4 is 5.32 Å². The molecular weight excluding hydrogens is 190 g/mol. The largest absolute Gasteiger partial charge is 0.466 e. The van der Waals surface area contributed by atoms with Gasteiger partial charge in [0.2, 0.25) is 0 Å². The molecule has 2 unspecified atom stereocenters.